The molecule has 2 aliphatic heterocycles. The lowest BCUT2D eigenvalue weighted by molar-refractivity contribution is 0.194. The molecule has 0 N–H and O–H groups in total. The molecule has 0 bridgehead atoms. The highest BCUT2D eigenvalue weighted by molar-refractivity contribution is 5.52. The SMILES string of the molecule is COc1ncccc1CN1CCCC(c2nc3ccc(N4CCCC4)cn3n2)C1. The number of ether oxygens (including phenoxy) is 1. The van der Waals surface area contributed by atoms with Gasteiger partial charge in [0.1, 0.15) is 0 Å². The van der Waals surface area contributed by atoms with Gasteiger partial charge in [0.05, 0.1) is 19.0 Å². The van der Waals surface area contributed by atoms with Crippen LogP contribution in [0.25, 0.3) is 5.65 Å². The van der Waals surface area contributed by atoms with Crippen LogP contribution in [0.15, 0.2) is 36.7 Å². The molecule has 2 fully saturated rings. The molecule has 0 aromatic carbocycles. The van der Waals surface area contributed by atoms with E-state index in [1.807, 2.05) is 10.6 Å². The summed E-state index contributed by atoms with van der Waals surface area (Å²) in [4.78, 5) is 14.1. The molecule has 5 rings (SSSR count). The average Bonchev–Trinajstić information content (AvgIpc) is 3.44. The molecule has 1 unspecified atom stereocenters. The summed E-state index contributed by atoms with van der Waals surface area (Å²) in [6, 6.07) is 8.35. The Morgan fingerprint density at radius 3 is 2.86 bits per heavy atom. The van der Waals surface area contributed by atoms with Crippen molar-refractivity contribution in [2.45, 2.75) is 38.1 Å². The summed E-state index contributed by atoms with van der Waals surface area (Å²) in [5.41, 5.74) is 3.32. The van der Waals surface area contributed by atoms with E-state index in [1.165, 1.54) is 18.5 Å². The number of likely N-dealkylation sites (tertiary alicyclic amines) is 1. The maximum Gasteiger partial charge on any atom is 0.217 e. The molecule has 0 amide bonds. The predicted octanol–water partition coefficient (Wildman–Crippen LogP) is 3.11. The summed E-state index contributed by atoms with van der Waals surface area (Å²) in [7, 11) is 1.68. The minimum Gasteiger partial charge on any atom is -0.481 e. The third-order valence-corrected chi connectivity index (χ3v) is 6.11. The number of piperidine rings is 1. The Morgan fingerprint density at radius 2 is 2.00 bits per heavy atom. The average molecular weight is 393 g/mol. The molecule has 0 saturated carbocycles. The van der Waals surface area contributed by atoms with Gasteiger partial charge in [0.25, 0.3) is 0 Å². The van der Waals surface area contributed by atoms with Gasteiger partial charge in [0.15, 0.2) is 11.5 Å². The van der Waals surface area contributed by atoms with Crippen molar-refractivity contribution < 1.29 is 4.74 Å². The van der Waals surface area contributed by atoms with E-state index in [9.17, 15) is 0 Å². The van der Waals surface area contributed by atoms with Gasteiger partial charge >= 0.3 is 0 Å². The lowest BCUT2D eigenvalue weighted by atomic mass is 9.97. The molecular formula is C22H28N6O. The van der Waals surface area contributed by atoms with E-state index in [2.05, 4.69) is 39.2 Å². The Kier molecular flexibility index (Phi) is 5.06. The summed E-state index contributed by atoms with van der Waals surface area (Å²) < 4.78 is 7.39. The van der Waals surface area contributed by atoms with Gasteiger partial charge in [-0.3, -0.25) is 4.90 Å². The van der Waals surface area contributed by atoms with Gasteiger partial charge in [-0.25, -0.2) is 14.5 Å². The van der Waals surface area contributed by atoms with Gasteiger partial charge in [0, 0.05) is 43.9 Å². The Morgan fingerprint density at radius 1 is 1.10 bits per heavy atom. The van der Waals surface area contributed by atoms with E-state index in [-0.39, 0.29) is 0 Å². The number of hydrogen-bond donors (Lipinski definition) is 0. The molecule has 3 aromatic heterocycles. The highest BCUT2D eigenvalue weighted by Gasteiger charge is 2.25. The minimum absolute atomic E-state index is 0.363. The number of hydrogen-bond acceptors (Lipinski definition) is 6. The molecule has 2 saturated heterocycles. The zero-order valence-corrected chi connectivity index (χ0v) is 17.0. The topological polar surface area (TPSA) is 58.8 Å². The van der Waals surface area contributed by atoms with E-state index < -0.39 is 0 Å². The lowest BCUT2D eigenvalue weighted by Gasteiger charge is -2.31. The van der Waals surface area contributed by atoms with Gasteiger partial charge in [-0.2, -0.15) is 5.10 Å². The van der Waals surface area contributed by atoms with Crippen LogP contribution in [-0.2, 0) is 6.54 Å². The summed E-state index contributed by atoms with van der Waals surface area (Å²) in [6.07, 6.45) is 8.76. The third-order valence-electron chi connectivity index (χ3n) is 6.11. The summed E-state index contributed by atoms with van der Waals surface area (Å²) in [6.45, 7) is 5.18. The highest BCUT2D eigenvalue weighted by atomic mass is 16.5. The van der Waals surface area contributed by atoms with Crippen molar-refractivity contribution in [2.24, 2.45) is 0 Å². The smallest absolute Gasteiger partial charge is 0.217 e. The van der Waals surface area contributed by atoms with E-state index in [0.29, 0.717) is 5.92 Å². The molecule has 3 aromatic rings. The van der Waals surface area contributed by atoms with Crippen LogP contribution in [0.1, 0.15) is 43.0 Å². The quantitative estimate of drug-likeness (QED) is 0.665. The minimum atomic E-state index is 0.363. The first-order chi connectivity index (χ1) is 14.3. The zero-order chi connectivity index (χ0) is 19.6. The first kappa shape index (κ1) is 18.4. The van der Waals surface area contributed by atoms with Crippen molar-refractivity contribution in [1.29, 1.82) is 0 Å². The van der Waals surface area contributed by atoms with Gasteiger partial charge < -0.3 is 9.64 Å². The third kappa shape index (κ3) is 3.79. The Balaban J connectivity index is 1.32. The van der Waals surface area contributed by atoms with Crippen LogP contribution in [0.5, 0.6) is 5.88 Å². The molecule has 2 aliphatic rings. The van der Waals surface area contributed by atoms with Crippen LogP contribution in [0, 0.1) is 0 Å². The van der Waals surface area contributed by atoms with E-state index in [4.69, 9.17) is 14.8 Å². The second-order valence-electron chi connectivity index (χ2n) is 8.10. The van der Waals surface area contributed by atoms with Crippen molar-refractivity contribution in [3.8, 4) is 5.88 Å². The Labute approximate surface area is 171 Å². The largest absolute Gasteiger partial charge is 0.481 e. The van der Waals surface area contributed by atoms with Gasteiger partial charge in [-0.05, 0) is 50.4 Å². The van der Waals surface area contributed by atoms with Crippen LogP contribution in [-0.4, -0.2) is 57.8 Å². The Hall–Kier alpha value is -2.67. The molecule has 5 heterocycles. The van der Waals surface area contributed by atoms with Crippen LogP contribution < -0.4 is 9.64 Å². The molecule has 29 heavy (non-hydrogen) atoms. The molecule has 7 heteroatoms. The highest BCUT2D eigenvalue weighted by Crippen LogP contribution is 2.28. The molecule has 152 valence electrons. The maximum atomic E-state index is 5.42. The number of fused-ring (bicyclic) bond motifs is 1. The number of aromatic nitrogens is 4. The number of pyridine rings is 2. The van der Waals surface area contributed by atoms with Crippen LogP contribution in [0.2, 0.25) is 0 Å². The number of rotatable bonds is 5. The molecular weight excluding hydrogens is 364 g/mol. The first-order valence-electron chi connectivity index (χ1n) is 10.6. The second kappa shape index (κ2) is 7.99. The summed E-state index contributed by atoms with van der Waals surface area (Å²) in [5, 5.41) is 4.86. The maximum absolute atomic E-state index is 5.42. The van der Waals surface area contributed by atoms with Crippen LogP contribution in [0.3, 0.4) is 0 Å². The van der Waals surface area contributed by atoms with E-state index in [1.54, 1.807) is 13.3 Å². The van der Waals surface area contributed by atoms with E-state index in [0.717, 1.165) is 68.5 Å². The number of anilines is 1. The van der Waals surface area contributed by atoms with Crippen molar-refractivity contribution in [3.63, 3.8) is 0 Å². The molecule has 0 spiro atoms. The molecule has 0 radical (unpaired) electrons. The first-order valence-corrected chi connectivity index (χ1v) is 10.6. The fourth-order valence-electron chi connectivity index (χ4n) is 4.60. The molecule has 1 atom stereocenters. The lowest BCUT2D eigenvalue weighted by Crippen LogP contribution is -2.34. The summed E-state index contributed by atoms with van der Waals surface area (Å²) >= 11 is 0. The number of nitrogens with zero attached hydrogens (tertiary/aromatic N) is 6. The van der Waals surface area contributed by atoms with Crippen molar-refractivity contribution in [3.05, 3.63) is 48.0 Å². The standard InChI is InChI=1S/C22H28N6O/c1-29-22-18(6-4-10-23-22)15-26-11-5-7-17(14-26)21-24-20-9-8-19(16-28(20)25-21)27-12-2-3-13-27/h4,6,8-10,16-17H,2-3,5,7,11-15H2,1H3. The van der Waals surface area contributed by atoms with Gasteiger partial charge in [-0.15, -0.1) is 0 Å². The van der Waals surface area contributed by atoms with Gasteiger partial charge in [0.2, 0.25) is 5.88 Å². The van der Waals surface area contributed by atoms with Crippen molar-refractivity contribution in [2.75, 3.05) is 38.2 Å². The predicted molar refractivity (Wildman–Crippen MR) is 112 cm³/mol. The second-order valence-corrected chi connectivity index (χ2v) is 8.10. The molecule has 7 nitrogen and oxygen atoms in total. The van der Waals surface area contributed by atoms with Crippen molar-refractivity contribution in [1.82, 2.24) is 24.5 Å². The fraction of sp³-hybridized carbons (Fsp3) is 0.500. The normalized spacial score (nSPS) is 20.4. The monoisotopic (exact) mass is 392 g/mol. The fourth-order valence-corrected chi connectivity index (χ4v) is 4.60. The van der Waals surface area contributed by atoms with Crippen LogP contribution >= 0.6 is 0 Å². The Bertz CT molecular complexity index is 980. The zero-order valence-electron chi connectivity index (χ0n) is 17.0. The molecule has 0 aliphatic carbocycles. The number of methoxy groups -OCH3 is 1. The van der Waals surface area contributed by atoms with Crippen LogP contribution in [0.4, 0.5) is 5.69 Å². The summed E-state index contributed by atoms with van der Waals surface area (Å²) in [5.74, 6) is 2.04. The van der Waals surface area contributed by atoms with Crippen molar-refractivity contribution >= 4 is 11.3 Å². The van der Waals surface area contributed by atoms with Gasteiger partial charge in [-0.1, -0.05) is 6.07 Å². The van der Waals surface area contributed by atoms with E-state index >= 15 is 0 Å².